The van der Waals surface area contributed by atoms with E-state index in [0.717, 1.165) is 17.4 Å². The Morgan fingerprint density at radius 2 is 2.25 bits per heavy atom. The van der Waals surface area contributed by atoms with Crippen molar-refractivity contribution in [3.05, 3.63) is 45.3 Å². The minimum Gasteiger partial charge on any atom is -0.397 e. The molecule has 2 rings (SSSR count). The van der Waals surface area contributed by atoms with Gasteiger partial charge in [0, 0.05) is 24.5 Å². The van der Waals surface area contributed by atoms with Crippen molar-refractivity contribution in [2.75, 3.05) is 11.1 Å². The summed E-state index contributed by atoms with van der Waals surface area (Å²) in [5, 5.41) is 4.33. The molecule has 0 atom stereocenters. The van der Waals surface area contributed by atoms with Crippen LogP contribution in [0.2, 0.25) is 0 Å². The van der Waals surface area contributed by atoms with E-state index in [9.17, 15) is 14.0 Å². The number of carbonyl (C=O) groups excluding carboxylic acids is 1. The summed E-state index contributed by atoms with van der Waals surface area (Å²) < 4.78 is 14.4. The first-order valence-corrected chi connectivity index (χ1v) is 6.93. The summed E-state index contributed by atoms with van der Waals surface area (Å²) >= 11 is 1.12. The molecule has 0 aliphatic rings. The highest BCUT2D eigenvalue weighted by Gasteiger charge is 2.06. The molecule has 1 aromatic carbocycles. The molecule has 106 valence electrons. The van der Waals surface area contributed by atoms with Crippen molar-refractivity contribution in [3.63, 3.8) is 0 Å². The number of aromatic nitrogens is 1. The second kappa shape index (κ2) is 6.33. The van der Waals surface area contributed by atoms with Gasteiger partial charge in [0.15, 0.2) is 0 Å². The number of hydrogen-bond donors (Lipinski definition) is 2. The fourth-order valence-corrected chi connectivity index (χ4v) is 2.34. The fourth-order valence-electron chi connectivity index (χ4n) is 1.73. The molecule has 3 N–H and O–H groups in total. The van der Waals surface area contributed by atoms with Crippen molar-refractivity contribution >= 4 is 28.6 Å². The smallest absolute Gasteiger partial charge is 0.307 e. The highest BCUT2D eigenvalue weighted by atomic mass is 32.1. The molecule has 2 aromatic rings. The van der Waals surface area contributed by atoms with Gasteiger partial charge >= 0.3 is 4.87 Å². The second-order valence-electron chi connectivity index (χ2n) is 4.25. The molecule has 0 aliphatic carbocycles. The normalized spacial score (nSPS) is 10.4. The van der Waals surface area contributed by atoms with E-state index in [2.05, 4.69) is 5.32 Å². The number of nitrogens with one attached hydrogen (secondary N) is 1. The summed E-state index contributed by atoms with van der Waals surface area (Å²) in [4.78, 5) is 23.0. The van der Waals surface area contributed by atoms with Gasteiger partial charge in [-0.05, 0) is 24.6 Å². The van der Waals surface area contributed by atoms with E-state index in [1.807, 2.05) is 0 Å². The van der Waals surface area contributed by atoms with Crippen molar-refractivity contribution < 1.29 is 9.18 Å². The first kappa shape index (κ1) is 14.3. The predicted molar refractivity (Wildman–Crippen MR) is 77.3 cm³/mol. The van der Waals surface area contributed by atoms with Crippen LogP contribution in [-0.2, 0) is 11.3 Å². The van der Waals surface area contributed by atoms with Crippen molar-refractivity contribution in [2.45, 2.75) is 19.4 Å². The average Bonchev–Trinajstić information content (AvgIpc) is 2.79. The zero-order valence-corrected chi connectivity index (χ0v) is 11.5. The summed E-state index contributed by atoms with van der Waals surface area (Å²) in [6, 6.07) is 3.81. The molecule has 1 amide bonds. The monoisotopic (exact) mass is 295 g/mol. The van der Waals surface area contributed by atoms with Crippen LogP contribution in [0.25, 0.3) is 0 Å². The van der Waals surface area contributed by atoms with E-state index in [4.69, 9.17) is 5.73 Å². The van der Waals surface area contributed by atoms with Gasteiger partial charge in [-0.1, -0.05) is 11.3 Å². The molecule has 0 spiro atoms. The summed E-state index contributed by atoms with van der Waals surface area (Å²) in [6.45, 7) is 0.495. The molecular weight excluding hydrogens is 281 g/mol. The molecule has 1 aromatic heterocycles. The van der Waals surface area contributed by atoms with Gasteiger partial charge in [-0.2, -0.15) is 0 Å². The lowest BCUT2D eigenvalue weighted by atomic mass is 10.2. The summed E-state index contributed by atoms with van der Waals surface area (Å²) in [6.07, 6.45) is 2.51. The Morgan fingerprint density at radius 3 is 2.90 bits per heavy atom. The van der Waals surface area contributed by atoms with Crippen molar-refractivity contribution in [1.82, 2.24) is 4.57 Å². The van der Waals surface area contributed by atoms with Crippen molar-refractivity contribution in [3.8, 4) is 0 Å². The number of rotatable bonds is 5. The number of amides is 1. The van der Waals surface area contributed by atoms with E-state index < -0.39 is 5.82 Å². The number of hydrogen-bond acceptors (Lipinski definition) is 4. The molecular formula is C13H14FN3O2S. The SMILES string of the molecule is Nc1cc(F)ccc1NC(=O)CCCn1ccsc1=O. The molecule has 0 saturated heterocycles. The standard InChI is InChI=1S/C13H14FN3O2S/c14-9-3-4-11(10(15)8-9)16-12(18)2-1-5-17-6-7-20-13(17)19/h3-4,6-8H,1-2,5,15H2,(H,16,18). The predicted octanol–water partition coefficient (Wildman–Crippen LogP) is 2.05. The maximum absolute atomic E-state index is 12.9. The number of anilines is 2. The van der Waals surface area contributed by atoms with Crippen LogP contribution < -0.4 is 15.9 Å². The van der Waals surface area contributed by atoms with E-state index in [0.29, 0.717) is 18.7 Å². The third-order valence-corrected chi connectivity index (χ3v) is 3.43. The lowest BCUT2D eigenvalue weighted by Crippen LogP contribution is -2.16. The fraction of sp³-hybridized carbons (Fsp3) is 0.231. The van der Waals surface area contributed by atoms with Crippen LogP contribution in [0, 0.1) is 5.82 Å². The topological polar surface area (TPSA) is 77.1 Å². The van der Waals surface area contributed by atoms with Gasteiger partial charge in [-0.3, -0.25) is 9.59 Å². The Balaban J connectivity index is 1.84. The quantitative estimate of drug-likeness (QED) is 0.829. The molecule has 0 saturated carbocycles. The van der Waals surface area contributed by atoms with Gasteiger partial charge in [0.1, 0.15) is 5.82 Å². The Kier molecular flexibility index (Phi) is 4.52. The number of halogens is 1. The minimum atomic E-state index is -0.447. The summed E-state index contributed by atoms with van der Waals surface area (Å²) in [7, 11) is 0. The lowest BCUT2D eigenvalue weighted by Gasteiger charge is -2.08. The molecule has 0 bridgehead atoms. The number of aryl methyl sites for hydroxylation is 1. The zero-order valence-electron chi connectivity index (χ0n) is 10.6. The molecule has 0 radical (unpaired) electrons. The highest BCUT2D eigenvalue weighted by Crippen LogP contribution is 2.19. The lowest BCUT2D eigenvalue weighted by molar-refractivity contribution is -0.116. The van der Waals surface area contributed by atoms with E-state index in [-0.39, 0.29) is 22.9 Å². The van der Waals surface area contributed by atoms with Gasteiger partial charge in [0.05, 0.1) is 11.4 Å². The molecule has 5 nitrogen and oxygen atoms in total. The number of carbonyl (C=O) groups is 1. The maximum atomic E-state index is 12.9. The van der Waals surface area contributed by atoms with Crippen LogP contribution >= 0.6 is 11.3 Å². The van der Waals surface area contributed by atoms with Gasteiger partial charge < -0.3 is 15.6 Å². The van der Waals surface area contributed by atoms with E-state index in [1.165, 1.54) is 12.1 Å². The van der Waals surface area contributed by atoms with Crippen LogP contribution in [0.1, 0.15) is 12.8 Å². The van der Waals surface area contributed by atoms with Crippen LogP contribution in [0.4, 0.5) is 15.8 Å². The van der Waals surface area contributed by atoms with Crippen molar-refractivity contribution in [2.24, 2.45) is 0 Å². The third-order valence-electron chi connectivity index (χ3n) is 2.73. The third kappa shape index (κ3) is 3.67. The van der Waals surface area contributed by atoms with Crippen LogP contribution in [0.5, 0.6) is 0 Å². The molecule has 0 aliphatic heterocycles. The molecule has 7 heteroatoms. The number of thiazole rings is 1. The molecule has 20 heavy (non-hydrogen) atoms. The molecule has 1 heterocycles. The maximum Gasteiger partial charge on any atom is 0.307 e. The second-order valence-corrected chi connectivity index (χ2v) is 5.10. The first-order chi connectivity index (χ1) is 9.56. The summed E-state index contributed by atoms with van der Waals surface area (Å²) in [5.41, 5.74) is 6.18. The Morgan fingerprint density at radius 1 is 1.45 bits per heavy atom. The molecule has 0 unspecified atom stereocenters. The van der Waals surface area contributed by atoms with Crippen molar-refractivity contribution in [1.29, 1.82) is 0 Å². The Hall–Kier alpha value is -2.15. The number of nitrogen functional groups attached to an aromatic ring is 1. The zero-order chi connectivity index (χ0) is 14.5. The van der Waals surface area contributed by atoms with Gasteiger partial charge in [-0.25, -0.2) is 4.39 Å². The first-order valence-electron chi connectivity index (χ1n) is 6.05. The van der Waals surface area contributed by atoms with Crippen LogP contribution in [-0.4, -0.2) is 10.5 Å². The van der Waals surface area contributed by atoms with Gasteiger partial charge in [0.2, 0.25) is 5.91 Å². The van der Waals surface area contributed by atoms with E-state index in [1.54, 1.807) is 16.1 Å². The van der Waals surface area contributed by atoms with Crippen LogP contribution in [0.15, 0.2) is 34.6 Å². The van der Waals surface area contributed by atoms with E-state index >= 15 is 0 Å². The van der Waals surface area contributed by atoms with Crippen LogP contribution in [0.3, 0.4) is 0 Å². The summed E-state index contributed by atoms with van der Waals surface area (Å²) in [5.74, 6) is -0.663. The Labute approximate surface area is 118 Å². The average molecular weight is 295 g/mol. The Bertz CT molecular complexity index is 666. The highest BCUT2D eigenvalue weighted by molar-refractivity contribution is 7.07. The molecule has 0 fully saturated rings. The van der Waals surface area contributed by atoms with Gasteiger partial charge in [0.25, 0.3) is 0 Å². The largest absolute Gasteiger partial charge is 0.397 e. The number of nitrogens with zero attached hydrogens (tertiary/aromatic N) is 1. The number of benzene rings is 1. The van der Waals surface area contributed by atoms with Gasteiger partial charge in [-0.15, -0.1) is 0 Å². The number of nitrogens with two attached hydrogens (primary N) is 1. The minimum absolute atomic E-state index is 0.0341.